The van der Waals surface area contributed by atoms with Crippen molar-refractivity contribution in [3.8, 4) is 5.75 Å². The first kappa shape index (κ1) is 14.6. The van der Waals surface area contributed by atoms with Gasteiger partial charge in [-0.25, -0.2) is 13.1 Å². The van der Waals surface area contributed by atoms with Crippen LogP contribution in [0.1, 0.15) is 11.3 Å². The van der Waals surface area contributed by atoms with E-state index < -0.39 is 10.0 Å². The number of nitrogens with one attached hydrogen (secondary N) is 1. The molecule has 6 nitrogen and oxygen atoms in total. The molecular formula is C13H16N2O4S. The lowest BCUT2D eigenvalue weighted by Gasteiger charge is -2.11. The van der Waals surface area contributed by atoms with Gasteiger partial charge in [0.1, 0.15) is 16.4 Å². The molecule has 0 aliphatic rings. The molecule has 0 radical (unpaired) electrons. The van der Waals surface area contributed by atoms with E-state index in [1.165, 1.54) is 19.4 Å². The van der Waals surface area contributed by atoms with Crippen molar-refractivity contribution in [1.82, 2.24) is 4.72 Å². The van der Waals surface area contributed by atoms with Gasteiger partial charge in [0, 0.05) is 6.54 Å². The van der Waals surface area contributed by atoms with Crippen LogP contribution in [0.15, 0.2) is 45.9 Å². The van der Waals surface area contributed by atoms with Gasteiger partial charge in [0.05, 0.1) is 19.9 Å². The van der Waals surface area contributed by atoms with Crippen LogP contribution in [0.5, 0.6) is 5.75 Å². The van der Waals surface area contributed by atoms with E-state index >= 15 is 0 Å². The second-order valence-electron chi connectivity index (χ2n) is 4.09. The molecule has 0 saturated carbocycles. The highest BCUT2D eigenvalue weighted by atomic mass is 32.2. The first-order chi connectivity index (χ1) is 9.56. The number of methoxy groups -OCH3 is 1. The Morgan fingerprint density at radius 1 is 1.35 bits per heavy atom. The van der Waals surface area contributed by atoms with E-state index in [0.29, 0.717) is 12.3 Å². The molecule has 0 unspecified atom stereocenters. The van der Waals surface area contributed by atoms with Crippen molar-refractivity contribution in [3.05, 3.63) is 47.9 Å². The van der Waals surface area contributed by atoms with Gasteiger partial charge in [-0.1, -0.05) is 6.07 Å². The molecule has 2 aromatic rings. The molecule has 108 valence electrons. The number of benzene rings is 1. The Morgan fingerprint density at radius 2 is 2.15 bits per heavy atom. The third-order valence-electron chi connectivity index (χ3n) is 2.77. The third-order valence-corrected chi connectivity index (χ3v) is 4.21. The summed E-state index contributed by atoms with van der Waals surface area (Å²) < 4.78 is 37.1. The highest BCUT2D eigenvalue weighted by Crippen LogP contribution is 2.25. The summed E-state index contributed by atoms with van der Waals surface area (Å²) in [6, 6.07) is 8.13. The molecule has 0 aliphatic carbocycles. The minimum Gasteiger partial charge on any atom is -0.495 e. The lowest BCUT2D eigenvalue weighted by atomic mass is 10.2. The maximum Gasteiger partial charge on any atom is 0.244 e. The standard InChI is InChI=1S/C13H16N2O4S/c1-18-12-7-10(8-14)4-5-13(12)20(16,17)15-9-11-3-2-6-19-11/h2-7,15H,8-9,14H2,1H3. The van der Waals surface area contributed by atoms with Crippen molar-refractivity contribution in [3.63, 3.8) is 0 Å². The quantitative estimate of drug-likeness (QED) is 0.836. The van der Waals surface area contributed by atoms with Gasteiger partial charge in [-0.3, -0.25) is 0 Å². The average Bonchev–Trinajstić information content (AvgIpc) is 2.97. The van der Waals surface area contributed by atoms with E-state index in [2.05, 4.69) is 4.72 Å². The molecule has 0 spiro atoms. The summed E-state index contributed by atoms with van der Waals surface area (Å²) in [5.41, 5.74) is 6.32. The van der Waals surface area contributed by atoms with E-state index in [-0.39, 0.29) is 17.2 Å². The summed E-state index contributed by atoms with van der Waals surface area (Å²) in [5.74, 6) is 0.797. The van der Waals surface area contributed by atoms with Crippen LogP contribution in [0, 0.1) is 0 Å². The predicted octanol–water partition coefficient (Wildman–Crippen LogP) is 1.23. The van der Waals surface area contributed by atoms with Gasteiger partial charge < -0.3 is 14.9 Å². The summed E-state index contributed by atoms with van der Waals surface area (Å²) in [7, 11) is -2.26. The van der Waals surface area contributed by atoms with Crippen molar-refractivity contribution in [1.29, 1.82) is 0 Å². The maximum absolute atomic E-state index is 12.2. The molecule has 0 fully saturated rings. The summed E-state index contributed by atoms with van der Waals surface area (Å²) in [5, 5.41) is 0. The number of hydrogen-bond donors (Lipinski definition) is 2. The van der Waals surface area contributed by atoms with Gasteiger partial charge in [-0.05, 0) is 29.8 Å². The van der Waals surface area contributed by atoms with Crippen molar-refractivity contribution >= 4 is 10.0 Å². The van der Waals surface area contributed by atoms with Crippen LogP contribution in [0.2, 0.25) is 0 Å². The minimum absolute atomic E-state index is 0.0729. The Kier molecular flexibility index (Phi) is 4.43. The second kappa shape index (κ2) is 6.08. The Hall–Kier alpha value is -1.83. The highest BCUT2D eigenvalue weighted by molar-refractivity contribution is 7.89. The van der Waals surface area contributed by atoms with Crippen LogP contribution in [-0.4, -0.2) is 15.5 Å². The van der Waals surface area contributed by atoms with E-state index in [0.717, 1.165) is 5.56 Å². The molecule has 0 amide bonds. The van der Waals surface area contributed by atoms with Gasteiger partial charge in [0.25, 0.3) is 0 Å². The number of sulfonamides is 1. The minimum atomic E-state index is -3.68. The first-order valence-electron chi connectivity index (χ1n) is 5.96. The van der Waals surface area contributed by atoms with Crippen molar-refractivity contribution in [2.24, 2.45) is 5.73 Å². The zero-order chi connectivity index (χ0) is 14.6. The third kappa shape index (κ3) is 3.19. The smallest absolute Gasteiger partial charge is 0.244 e. The predicted molar refractivity (Wildman–Crippen MR) is 73.6 cm³/mol. The summed E-state index contributed by atoms with van der Waals surface area (Å²) >= 11 is 0. The molecule has 2 rings (SSSR count). The molecular weight excluding hydrogens is 280 g/mol. The molecule has 1 aromatic heterocycles. The fourth-order valence-corrected chi connectivity index (χ4v) is 2.86. The van der Waals surface area contributed by atoms with Crippen LogP contribution < -0.4 is 15.2 Å². The van der Waals surface area contributed by atoms with Gasteiger partial charge in [-0.15, -0.1) is 0 Å². The summed E-state index contributed by atoms with van der Waals surface area (Å²) in [4.78, 5) is 0.0729. The molecule has 20 heavy (non-hydrogen) atoms. The van der Waals surface area contributed by atoms with Crippen LogP contribution in [0.4, 0.5) is 0 Å². The van der Waals surface area contributed by atoms with Crippen LogP contribution in [0.25, 0.3) is 0 Å². The Labute approximate surface area is 117 Å². The van der Waals surface area contributed by atoms with Gasteiger partial charge >= 0.3 is 0 Å². The maximum atomic E-state index is 12.2. The number of nitrogens with two attached hydrogens (primary N) is 1. The van der Waals surface area contributed by atoms with Gasteiger partial charge in [0.2, 0.25) is 10.0 Å². The molecule has 0 bridgehead atoms. The molecule has 0 aliphatic heterocycles. The summed E-state index contributed by atoms with van der Waals surface area (Å²) in [6.45, 7) is 0.396. The van der Waals surface area contributed by atoms with Gasteiger partial charge in [-0.2, -0.15) is 0 Å². The van der Waals surface area contributed by atoms with Gasteiger partial charge in [0.15, 0.2) is 0 Å². The molecule has 3 N–H and O–H groups in total. The molecule has 0 saturated heterocycles. The lowest BCUT2D eigenvalue weighted by molar-refractivity contribution is 0.401. The number of hydrogen-bond acceptors (Lipinski definition) is 5. The molecule has 7 heteroatoms. The van der Waals surface area contributed by atoms with Crippen LogP contribution in [0.3, 0.4) is 0 Å². The zero-order valence-corrected chi connectivity index (χ0v) is 11.8. The zero-order valence-electron chi connectivity index (χ0n) is 11.0. The number of rotatable bonds is 6. The first-order valence-corrected chi connectivity index (χ1v) is 7.44. The summed E-state index contributed by atoms with van der Waals surface area (Å²) in [6.07, 6.45) is 1.49. The number of ether oxygens (including phenoxy) is 1. The second-order valence-corrected chi connectivity index (χ2v) is 5.83. The number of furan rings is 1. The van der Waals surface area contributed by atoms with E-state index in [4.69, 9.17) is 14.9 Å². The molecule has 1 heterocycles. The Morgan fingerprint density at radius 3 is 2.75 bits per heavy atom. The monoisotopic (exact) mass is 296 g/mol. The van der Waals surface area contributed by atoms with E-state index in [1.54, 1.807) is 24.3 Å². The lowest BCUT2D eigenvalue weighted by Crippen LogP contribution is -2.23. The molecule has 1 aromatic carbocycles. The Bertz CT molecular complexity index is 666. The van der Waals surface area contributed by atoms with E-state index in [1.807, 2.05) is 0 Å². The fourth-order valence-electron chi connectivity index (χ4n) is 1.72. The van der Waals surface area contributed by atoms with Crippen molar-refractivity contribution in [2.75, 3.05) is 7.11 Å². The average molecular weight is 296 g/mol. The fraction of sp³-hybridized carbons (Fsp3) is 0.231. The Balaban J connectivity index is 2.24. The van der Waals surface area contributed by atoms with E-state index in [9.17, 15) is 8.42 Å². The van der Waals surface area contributed by atoms with Crippen LogP contribution >= 0.6 is 0 Å². The van der Waals surface area contributed by atoms with Crippen molar-refractivity contribution in [2.45, 2.75) is 18.0 Å². The largest absolute Gasteiger partial charge is 0.495 e. The normalized spacial score (nSPS) is 11.5. The van der Waals surface area contributed by atoms with Crippen LogP contribution in [-0.2, 0) is 23.1 Å². The van der Waals surface area contributed by atoms with Crippen molar-refractivity contribution < 1.29 is 17.6 Å². The topological polar surface area (TPSA) is 94.6 Å². The SMILES string of the molecule is COc1cc(CN)ccc1S(=O)(=O)NCc1ccco1. The highest BCUT2D eigenvalue weighted by Gasteiger charge is 2.19. The molecule has 0 atom stereocenters.